The molecule has 0 saturated carbocycles. The third kappa shape index (κ3) is 3.20. The zero-order chi connectivity index (χ0) is 20.0. The fourth-order valence-electron chi connectivity index (χ4n) is 4.45. The fraction of sp³-hybridized carbons (Fsp3) is 0.391. The lowest BCUT2D eigenvalue weighted by atomic mass is 10.0. The highest BCUT2D eigenvalue weighted by molar-refractivity contribution is 9.10. The van der Waals surface area contributed by atoms with Gasteiger partial charge in [0, 0.05) is 53.4 Å². The van der Waals surface area contributed by atoms with Crippen molar-refractivity contribution in [3.05, 3.63) is 62.7 Å². The van der Waals surface area contributed by atoms with Crippen LogP contribution in [0.1, 0.15) is 35.2 Å². The van der Waals surface area contributed by atoms with Gasteiger partial charge in [0.05, 0.1) is 5.69 Å². The van der Waals surface area contributed by atoms with Gasteiger partial charge in [-0.05, 0) is 62.6 Å². The first-order valence-corrected chi connectivity index (χ1v) is 10.6. The molecule has 1 aliphatic heterocycles. The number of aromatic nitrogens is 2. The second kappa shape index (κ2) is 7.25. The Morgan fingerprint density at radius 3 is 2.29 bits per heavy atom. The summed E-state index contributed by atoms with van der Waals surface area (Å²) in [6.07, 6.45) is 4.10. The Morgan fingerprint density at radius 1 is 1.04 bits per heavy atom. The van der Waals surface area contributed by atoms with Gasteiger partial charge in [0.25, 0.3) is 0 Å². The molecule has 1 saturated heterocycles. The molecule has 3 heterocycles. The number of hydrogen-bond acceptors (Lipinski definition) is 2. The van der Waals surface area contributed by atoms with Crippen LogP contribution in [0.4, 0.5) is 5.69 Å². The number of hydrogen-bond donors (Lipinski definition) is 0. The van der Waals surface area contributed by atoms with E-state index in [1.807, 2.05) is 0 Å². The van der Waals surface area contributed by atoms with E-state index in [9.17, 15) is 0 Å². The Morgan fingerprint density at radius 2 is 1.68 bits per heavy atom. The van der Waals surface area contributed by atoms with Crippen molar-refractivity contribution in [2.45, 2.75) is 46.6 Å². The Labute approximate surface area is 175 Å². The van der Waals surface area contributed by atoms with Crippen LogP contribution in [0.2, 0.25) is 0 Å². The number of anilines is 1. The van der Waals surface area contributed by atoms with Gasteiger partial charge in [0.2, 0.25) is 6.04 Å². The van der Waals surface area contributed by atoms with Crippen molar-refractivity contribution in [3.8, 4) is 5.69 Å². The monoisotopic (exact) mass is 436 g/mol. The first-order chi connectivity index (χ1) is 13.4. The highest BCUT2D eigenvalue weighted by Gasteiger charge is 2.25. The van der Waals surface area contributed by atoms with E-state index >= 15 is 0 Å². The quantitative estimate of drug-likeness (QED) is 0.466. The third-order valence-electron chi connectivity index (χ3n) is 5.74. The molecule has 4 nitrogen and oxygen atoms in total. The Bertz CT molecular complexity index is 1070. The standard InChI is InChI=1S/C23H25BrN4/c1-14-10-18(24)11-15(2)22(14)28-13-16(3)21-20(12-17(4)26-23(21)28)27-8-6-19(25-5)7-9-27/h10-13,19H,6-9H2,1-4H3. The van der Waals surface area contributed by atoms with Gasteiger partial charge in [-0.25, -0.2) is 11.6 Å². The number of aryl methyl sites for hydroxylation is 4. The summed E-state index contributed by atoms with van der Waals surface area (Å²) in [5, 5.41) is 1.23. The van der Waals surface area contributed by atoms with Crippen LogP contribution in [0.5, 0.6) is 0 Å². The van der Waals surface area contributed by atoms with Crippen molar-refractivity contribution in [2.75, 3.05) is 18.0 Å². The minimum Gasteiger partial charge on any atom is -0.370 e. The third-order valence-corrected chi connectivity index (χ3v) is 6.20. The molecule has 1 aliphatic rings. The summed E-state index contributed by atoms with van der Waals surface area (Å²) in [6.45, 7) is 17.7. The zero-order valence-electron chi connectivity index (χ0n) is 16.9. The molecule has 0 bridgehead atoms. The van der Waals surface area contributed by atoms with Crippen LogP contribution >= 0.6 is 15.9 Å². The molecule has 28 heavy (non-hydrogen) atoms. The number of pyridine rings is 1. The van der Waals surface area contributed by atoms with E-state index in [1.165, 1.54) is 33.5 Å². The van der Waals surface area contributed by atoms with E-state index in [-0.39, 0.29) is 6.04 Å². The molecule has 0 radical (unpaired) electrons. The van der Waals surface area contributed by atoms with E-state index in [0.717, 1.165) is 41.7 Å². The van der Waals surface area contributed by atoms with Crippen LogP contribution < -0.4 is 4.90 Å². The highest BCUT2D eigenvalue weighted by atomic mass is 79.9. The predicted molar refractivity (Wildman–Crippen MR) is 120 cm³/mol. The summed E-state index contributed by atoms with van der Waals surface area (Å²) >= 11 is 3.61. The molecule has 0 aliphatic carbocycles. The van der Waals surface area contributed by atoms with Gasteiger partial charge in [-0.2, -0.15) is 0 Å². The molecule has 4 rings (SSSR count). The maximum absolute atomic E-state index is 7.31. The molecule has 1 fully saturated rings. The molecule has 2 aromatic heterocycles. The number of rotatable bonds is 2. The summed E-state index contributed by atoms with van der Waals surface area (Å²) in [5.41, 5.74) is 8.21. The predicted octanol–water partition coefficient (Wildman–Crippen LogP) is 5.91. The number of halogens is 1. The summed E-state index contributed by atoms with van der Waals surface area (Å²) < 4.78 is 3.36. The molecular formula is C23H25BrN4. The molecule has 0 unspecified atom stereocenters. The highest BCUT2D eigenvalue weighted by Crippen LogP contribution is 2.36. The Kier molecular flexibility index (Phi) is 4.93. The summed E-state index contributed by atoms with van der Waals surface area (Å²) in [4.78, 5) is 11.1. The second-order valence-electron chi connectivity index (χ2n) is 7.90. The smallest absolute Gasteiger partial charge is 0.227 e. The van der Waals surface area contributed by atoms with Gasteiger partial charge in [0.15, 0.2) is 0 Å². The van der Waals surface area contributed by atoms with Crippen LogP contribution in [0, 0.1) is 34.3 Å². The molecule has 0 spiro atoms. The van der Waals surface area contributed by atoms with Crippen molar-refractivity contribution in [1.82, 2.24) is 9.55 Å². The van der Waals surface area contributed by atoms with Crippen LogP contribution in [0.15, 0.2) is 28.9 Å². The molecule has 0 amide bonds. The normalized spacial score (nSPS) is 15.2. The first kappa shape index (κ1) is 19.0. The lowest BCUT2D eigenvalue weighted by molar-refractivity contribution is 0.549. The molecule has 1 aromatic carbocycles. The largest absolute Gasteiger partial charge is 0.370 e. The van der Waals surface area contributed by atoms with Gasteiger partial charge in [0.1, 0.15) is 5.65 Å². The van der Waals surface area contributed by atoms with Gasteiger partial charge in [-0.15, -0.1) is 0 Å². The number of fused-ring (bicyclic) bond motifs is 1. The molecule has 0 atom stereocenters. The first-order valence-electron chi connectivity index (χ1n) is 9.77. The van der Waals surface area contributed by atoms with Crippen molar-refractivity contribution in [2.24, 2.45) is 0 Å². The minimum absolute atomic E-state index is 0.174. The van der Waals surface area contributed by atoms with Gasteiger partial charge >= 0.3 is 0 Å². The average molecular weight is 437 g/mol. The number of nitrogens with zero attached hydrogens (tertiary/aromatic N) is 4. The number of piperidine rings is 1. The molecule has 5 heteroatoms. The SMILES string of the molecule is [C-]#[N+]C1CCN(c2cc(C)nc3c2c(C)cn3-c2c(C)cc(Br)cc2C)CC1. The van der Waals surface area contributed by atoms with Crippen LogP contribution in [0.3, 0.4) is 0 Å². The second-order valence-corrected chi connectivity index (χ2v) is 8.81. The maximum atomic E-state index is 7.31. The van der Waals surface area contributed by atoms with Crippen LogP contribution in [-0.4, -0.2) is 28.7 Å². The zero-order valence-corrected chi connectivity index (χ0v) is 18.5. The fourth-order valence-corrected chi connectivity index (χ4v) is 5.14. The van der Waals surface area contributed by atoms with Gasteiger partial charge < -0.3 is 14.3 Å². The minimum atomic E-state index is 0.174. The van der Waals surface area contributed by atoms with Gasteiger partial charge in [-0.3, -0.25) is 0 Å². The summed E-state index contributed by atoms with van der Waals surface area (Å²) in [6, 6.07) is 6.71. The van der Waals surface area contributed by atoms with E-state index in [1.54, 1.807) is 0 Å². The number of benzene rings is 1. The lowest BCUT2D eigenvalue weighted by Gasteiger charge is -2.30. The van der Waals surface area contributed by atoms with E-state index in [4.69, 9.17) is 11.6 Å². The van der Waals surface area contributed by atoms with E-state index < -0.39 is 0 Å². The average Bonchev–Trinajstić information content (AvgIpc) is 2.96. The van der Waals surface area contributed by atoms with Crippen molar-refractivity contribution >= 4 is 32.7 Å². The molecular weight excluding hydrogens is 412 g/mol. The lowest BCUT2D eigenvalue weighted by Crippen LogP contribution is -2.35. The van der Waals surface area contributed by atoms with Crippen molar-refractivity contribution in [3.63, 3.8) is 0 Å². The van der Waals surface area contributed by atoms with Crippen LogP contribution in [0.25, 0.3) is 21.6 Å². The Balaban J connectivity index is 1.89. The Hall–Kier alpha value is -2.32. The topological polar surface area (TPSA) is 25.4 Å². The molecule has 0 N–H and O–H groups in total. The van der Waals surface area contributed by atoms with E-state index in [2.05, 4.69) is 82.3 Å². The maximum Gasteiger partial charge on any atom is 0.227 e. The van der Waals surface area contributed by atoms with Crippen molar-refractivity contribution < 1.29 is 0 Å². The van der Waals surface area contributed by atoms with Crippen LogP contribution in [-0.2, 0) is 0 Å². The molecule has 144 valence electrons. The van der Waals surface area contributed by atoms with Gasteiger partial charge in [-0.1, -0.05) is 15.9 Å². The van der Waals surface area contributed by atoms with Crippen molar-refractivity contribution in [1.29, 1.82) is 0 Å². The summed E-state index contributed by atoms with van der Waals surface area (Å²) in [5.74, 6) is 0. The van der Waals surface area contributed by atoms with E-state index in [0.29, 0.717) is 0 Å². The summed E-state index contributed by atoms with van der Waals surface area (Å²) in [7, 11) is 0. The molecule has 3 aromatic rings.